The molecule has 0 rings (SSSR count). The predicted molar refractivity (Wildman–Crippen MR) is 49.8 cm³/mol. The molecule has 13 heavy (non-hydrogen) atoms. The molecule has 0 fully saturated rings. The van der Waals surface area contributed by atoms with Gasteiger partial charge in [-0.15, -0.1) is 0 Å². The van der Waals surface area contributed by atoms with Crippen molar-refractivity contribution in [2.24, 2.45) is 5.73 Å². The number of hydrogen-bond donors (Lipinski definition) is 2. The highest BCUT2D eigenvalue weighted by atomic mass is 16.6. The molecule has 0 bridgehead atoms. The van der Waals surface area contributed by atoms with E-state index in [-0.39, 0.29) is 6.42 Å². The Morgan fingerprint density at radius 1 is 1.62 bits per heavy atom. The van der Waals surface area contributed by atoms with Crippen LogP contribution in [-0.2, 0) is 9.53 Å². The van der Waals surface area contributed by atoms with Crippen molar-refractivity contribution in [1.29, 1.82) is 0 Å². The molecule has 0 aromatic heterocycles. The van der Waals surface area contributed by atoms with Gasteiger partial charge in [0.1, 0.15) is 5.60 Å². The lowest BCUT2D eigenvalue weighted by atomic mass is 10.1. The SMILES string of the molecule is [CH2]C(N)CC(O)C(=O)OC(C)(C)C. The molecule has 0 aliphatic rings. The maximum Gasteiger partial charge on any atom is 0.335 e. The number of aliphatic hydroxyl groups is 1. The topological polar surface area (TPSA) is 72.5 Å². The summed E-state index contributed by atoms with van der Waals surface area (Å²) in [7, 11) is 0. The highest BCUT2D eigenvalue weighted by molar-refractivity contribution is 5.74. The maximum absolute atomic E-state index is 11.1. The van der Waals surface area contributed by atoms with Gasteiger partial charge in [0.15, 0.2) is 6.10 Å². The molecular formula is C9H18NO3. The Hall–Kier alpha value is -0.610. The van der Waals surface area contributed by atoms with Gasteiger partial charge in [-0.05, 0) is 34.1 Å². The number of rotatable bonds is 3. The van der Waals surface area contributed by atoms with Crippen LogP contribution in [0.5, 0.6) is 0 Å². The van der Waals surface area contributed by atoms with Gasteiger partial charge >= 0.3 is 5.97 Å². The molecule has 0 aromatic rings. The Bertz CT molecular complexity index is 172. The molecule has 0 aromatic carbocycles. The molecule has 77 valence electrons. The van der Waals surface area contributed by atoms with Crippen molar-refractivity contribution in [3.63, 3.8) is 0 Å². The second-order valence-electron chi connectivity index (χ2n) is 4.05. The van der Waals surface area contributed by atoms with Crippen LogP contribution in [-0.4, -0.2) is 28.8 Å². The van der Waals surface area contributed by atoms with Gasteiger partial charge in [0.2, 0.25) is 0 Å². The monoisotopic (exact) mass is 188 g/mol. The molecular weight excluding hydrogens is 170 g/mol. The normalized spacial score (nSPS) is 16.5. The Kier molecular flexibility index (Phi) is 4.36. The molecule has 0 saturated carbocycles. The van der Waals surface area contributed by atoms with Crippen LogP contribution in [0.4, 0.5) is 0 Å². The van der Waals surface area contributed by atoms with E-state index in [0.717, 1.165) is 0 Å². The summed E-state index contributed by atoms with van der Waals surface area (Å²) in [5.74, 6) is -0.647. The highest BCUT2D eigenvalue weighted by Gasteiger charge is 2.23. The van der Waals surface area contributed by atoms with Crippen LogP contribution in [0.15, 0.2) is 0 Å². The number of carbonyl (C=O) groups is 1. The van der Waals surface area contributed by atoms with E-state index in [1.165, 1.54) is 0 Å². The number of esters is 1. The van der Waals surface area contributed by atoms with Crippen molar-refractivity contribution >= 4 is 5.97 Å². The smallest absolute Gasteiger partial charge is 0.335 e. The first kappa shape index (κ1) is 12.4. The van der Waals surface area contributed by atoms with Gasteiger partial charge in [-0.3, -0.25) is 0 Å². The van der Waals surface area contributed by atoms with Crippen molar-refractivity contribution in [2.45, 2.75) is 44.9 Å². The number of carbonyl (C=O) groups excluding carboxylic acids is 1. The summed E-state index contributed by atoms with van der Waals surface area (Å²) in [4.78, 5) is 11.1. The van der Waals surface area contributed by atoms with Crippen LogP contribution in [0.1, 0.15) is 27.2 Å². The van der Waals surface area contributed by atoms with Gasteiger partial charge < -0.3 is 15.6 Å². The van der Waals surface area contributed by atoms with Gasteiger partial charge in [-0.25, -0.2) is 4.79 Å². The summed E-state index contributed by atoms with van der Waals surface area (Å²) in [5, 5.41) is 9.26. The minimum atomic E-state index is -1.17. The van der Waals surface area contributed by atoms with Crippen molar-refractivity contribution in [1.82, 2.24) is 0 Å². The van der Waals surface area contributed by atoms with Gasteiger partial charge in [-0.1, -0.05) is 0 Å². The Morgan fingerprint density at radius 2 is 2.08 bits per heavy atom. The van der Waals surface area contributed by atoms with Gasteiger partial charge in [0, 0.05) is 6.04 Å². The van der Waals surface area contributed by atoms with Crippen LogP contribution in [0, 0.1) is 6.92 Å². The molecule has 0 heterocycles. The summed E-state index contributed by atoms with van der Waals surface area (Å²) in [6.07, 6.45) is -1.05. The van der Waals surface area contributed by atoms with E-state index in [9.17, 15) is 9.90 Å². The first-order chi connectivity index (χ1) is 5.72. The fraction of sp³-hybridized carbons (Fsp3) is 0.778. The largest absolute Gasteiger partial charge is 0.458 e. The van der Waals surface area contributed by atoms with Crippen molar-refractivity contribution in [3.8, 4) is 0 Å². The van der Waals surface area contributed by atoms with E-state index in [1.54, 1.807) is 20.8 Å². The fourth-order valence-electron chi connectivity index (χ4n) is 0.753. The zero-order valence-electron chi connectivity index (χ0n) is 8.41. The molecule has 4 nitrogen and oxygen atoms in total. The van der Waals surface area contributed by atoms with Crippen molar-refractivity contribution < 1.29 is 14.6 Å². The molecule has 0 saturated heterocycles. The lowest BCUT2D eigenvalue weighted by Crippen LogP contribution is -2.35. The standard InChI is InChI=1S/C9H18NO3/c1-6(10)5-7(11)8(12)13-9(2,3)4/h6-7,11H,1,5,10H2,2-4H3. The number of aliphatic hydroxyl groups excluding tert-OH is 1. The highest BCUT2D eigenvalue weighted by Crippen LogP contribution is 2.09. The number of ether oxygens (including phenoxy) is 1. The molecule has 2 atom stereocenters. The fourth-order valence-corrected chi connectivity index (χ4v) is 0.753. The van der Waals surface area contributed by atoms with Crippen LogP contribution in [0.2, 0.25) is 0 Å². The second kappa shape index (κ2) is 4.58. The zero-order chi connectivity index (χ0) is 10.6. The predicted octanol–water partition coefficient (Wildman–Crippen LogP) is 0.240. The van der Waals surface area contributed by atoms with E-state index in [0.29, 0.717) is 0 Å². The summed E-state index contributed by atoms with van der Waals surface area (Å²) in [6, 6.07) is -0.456. The minimum absolute atomic E-state index is 0.120. The van der Waals surface area contributed by atoms with Crippen molar-refractivity contribution in [2.75, 3.05) is 0 Å². The first-order valence-corrected chi connectivity index (χ1v) is 4.22. The van der Waals surface area contributed by atoms with Gasteiger partial charge in [0.25, 0.3) is 0 Å². The third kappa shape index (κ3) is 6.54. The van der Waals surface area contributed by atoms with E-state index in [1.807, 2.05) is 0 Å². The van der Waals surface area contributed by atoms with E-state index in [2.05, 4.69) is 6.92 Å². The lowest BCUT2D eigenvalue weighted by Gasteiger charge is -2.22. The number of hydrogen-bond acceptors (Lipinski definition) is 4. The van der Waals surface area contributed by atoms with Crippen molar-refractivity contribution in [3.05, 3.63) is 6.92 Å². The average molecular weight is 188 g/mol. The average Bonchev–Trinajstić information content (AvgIpc) is 1.81. The first-order valence-electron chi connectivity index (χ1n) is 4.22. The van der Waals surface area contributed by atoms with Gasteiger partial charge in [0.05, 0.1) is 0 Å². The van der Waals surface area contributed by atoms with Crippen LogP contribution >= 0.6 is 0 Å². The Labute approximate surface area is 79.1 Å². The summed E-state index contributed by atoms with van der Waals surface area (Å²) in [6.45, 7) is 8.68. The second-order valence-corrected chi connectivity index (χ2v) is 4.05. The lowest BCUT2D eigenvalue weighted by molar-refractivity contribution is -0.165. The summed E-state index contributed by atoms with van der Waals surface area (Å²) in [5.41, 5.74) is 4.74. The zero-order valence-corrected chi connectivity index (χ0v) is 8.41. The molecule has 0 amide bonds. The number of nitrogens with two attached hydrogens (primary N) is 1. The molecule has 0 aliphatic heterocycles. The van der Waals surface area contributed by atoms with E-state index < -0.39 is 23.7 Å². The minimum Gasteiger partial charge on any atom is -0.458 e. The Morgan fingerprint density at radius 3 is 2.38 bits per heavy atom. The molecule has 3 N–H and O–H groups in total. The summed E-state index contributed by atoms with van der Waals surface area (Å²) >= 11 is 0. The summed E-state index contributed by atoms with van der Waals surface area (Å²) < 4.78 is 4.93. The molecule has 2 unspecified atom stereocenters. The molecule has 1 radical (unpaired) electrons. The van der Waals surface area contributed by atoms with E-state index >= 15 is 0 Å². The third-order valence-corrected chi connectivity index (χ3v) is 1.20. The quantitative estimate of drug-likeness (QED) is 0.622. The molecule has 0 aliphatic carbocycles. The molecule has 4 heteroatoms. The van der Waals surface area contributed by atoms with E-state index in [4.69, 9.17) is 10.5 Å². The van der Waals surface area contributed by atoms with Crippen LogP contribution < -0.4 is 5.73 Å². The van der Waals surface area contributed by atoms with Gasteiger partial charge in [-0.2, -0.15) is 0 Å². The molecule has 0 spiro atoms. The third-order valence-electron chi connectivity index (χ3n) is 1.20. The Balaban J connectivity index is 3.97. The van der Waals surface area contributed by atoms with Crippen LogP contribution in [0.3, 0.4) is 0 Å². The van der Waals surface area contributed by atoms with Crippen LogP contribution in [0.25, 0.3) is 0 Å². The maximum atomic E-state index is 11.1.